The average Bonchev–Trinajstić information content (AvgIpc) is 3.45. The van der Waals surface area contributed by atoms with Gasteiger partial charge in [0.05, 0.1) is 22.9 Å². The van der Waals surface area contributed by atoms with Gasteiger partial charge in [0.25, 0.3) is 0 Å². The third-order valence-corrected chi connectivity index (χ3v) is 6.67. The highest BCUT2D eigenvalue weighted by molar-refractivity contribution is 6.76. The normalized spacial score (nSPS) is 14.5. The standard InChI is InChI=1S/C20H26FN5O2Si/c1-29(2,3)9-8-27-13-26-7-6-15-16(26)10-22-19(25-15)17-18(14-4-5-14)23-12-24-20(17)28-11-21/h6-7,10,12,14H,4-5,8-9,11,13H2,1-3H3. The molecule has 154 valence electrons. The molecule has 0 saturated heterocycles. The van der Waals surface area contributed by atoms with E-state index >= 15 is 0 Å². The molecule has 1 aliphatic rings. The number of hydrogen-bond donors (Lipinski definition) is 0. The number of aromatic nitrogens is 5. The van der Waals surface area contributed by atoms with E-state index in [1.54, 1.807) is 6.20 Å². The largest absolute Gasteiger partial charge is 0.445 e. The van der Waals surface area contributed by atoms with Gasteiger partial charge in [-0.15, -0.1) is 0 Å². The minimum atomic E-state index is -1.11. The molecular formula is C20H26FN5O2Si. The zero-order valence-electron chi connectivity index (χ0n) is 17.1. The molecule has 7 nitrogen and oxygen atoms in total. The second kappa shape index (κ2) is 8.15. The highest BCUT2D eigenvalue weighted by Crippen LogP contribution is 2.44. The Labute approximate surface area is 170 Å². The molecule has 4 rings (SSSR count). The fourth-order valence-electron chi connectivity index (χ4n) is 3.17. The Kier molecular flexibility index (Phi) is 5.60. The van der Waals surface area contributed by atoms with Crippen molar-refractivity contribution in [3.05, 3.63) is 30.5 Å². The van der Waals surface area contributed by atoms with E-state index in [9.17, 15) is 4.39 Å². The fraction of sp³-hybridized carbons (Fsp3) is 0.500. The van der Waals surface area contributed by atoms with E-state index in [1.807, 2.05) is 16.8 Å². The smallest absolute Gasteiger partial charge is 0.230 e. The van der Waals surface area contributed by atoms with E-state index in [0.29, 0.717) is 24.0 Å². The number of halogens is 1. The Morgan fingerprint density at radius 2 is 2.03 bits per heavy atom. The summed E-state index contributed by atoms with van der Waals surface area (Å²) in [5, 5.41) is 0. The van der Waals surface area contributed by atoms with Crippen LogP contribution in [0.4, 0.5) is 4.39 Å². The maximum absolute atomic E-state index is 12.9. The van der Waals surface area contributed by atoms with E-state index in [0.717, 1.165) is 42.2 Å². The second-order valence-electron chi connectivity index (χ2n) is 8.56. The van der Waals surface area contributed by atoms with Gasteiger partial charge >= 0.3 is 0 Å². The van der Waals surface area contributed by atoms with Crippen molar-refractivity contribution in [2.24, 2.45) is 0 Å². The molecule has 0 amide bonds. The Hall–Kier alpha value is -2.39. The van der Waals surface area contributed by atoms with Gasteiger partial charge in [0.1, 0.15) is 18.6 Å². The third-order valence-electron chi connectivity index (χ3n) is 4.97. The number of alkyl halides is 1. The van der Waals surface area contributed by atoms with Crippen molar-refractivity contribution in [1.82, 2.24) is 24.5 Å². The summed E-state index contributed by atoms with van der Waals surface area (Å²) in [6.07, 6.45) is 7.22. The minimum absolute atomic E-state index is 0.192. The van der Waals surface area contributed by atoms with Gasteiger partial charge in [-0.3, -0.25) is 0 Å². The molecule has 0 spiro atoms. The number of rotatable bonds is 9. The lowest BCUT2D eigenvalue weighted by atomic mass is 10.1. The van der Waals surface area contributed by atoms with E-state index in [-0.39, 0.29) is 5.88 Å². The van der Waals surface area contributed by atoms with Crippen molar-refractivity contribution >= 4 is 19.1 Å². The van der Waals surface area contributed by atoms with Gasteiger partial charge in [0, 0.05) is 26.8 Å². The first kappa shape index (κ1) is 19.9. The van der Waals surface area contributed by atoms with Crippen molar-refractivity contribution in [2.75, 3.05) is 13.5 Å². The van der Waals surface area contributed by atoms with Crippen molar-refractivity contribution in [3.8, 4) is 17.3 Å². The number of fused-ring (bicyclic) bond motifs is 1. The van der Waals surface area contributed by atoms with Gasteiger partial charge < -0.3 is 14.0 Å². The van der Waals surface area contributed by atoms with Crippen LogP contribution in [-0.4, -0.2) is 46.0 Å². The first-order chi connectivity index (χ1) is 14.0. The topological polar surface area (TPSA) is 75.0 Å². The molecule has 29 heavy (non-hydrogen) atoms. The maximum Gasteiger partial charge on any atom is 0.230 e. The molecule has 0 atom stereocenters. The Balaban J connectivity index is 1.59. The number of hydrogen-bond acceptors (Lipinski definition) is 6. The van der Waals surface area contributed by atoms with Gasteiger partial charge in [0.2, 0.25) is 12.7 Å². The Morgan fingerprint density at radius 3 is 2.76 bits per heavy atom. The molecule has 1 aliphatic carbocycles. The van der Waals surface area contributed by atoms with Crippen molar-refractivity contribution in [3.63, 3.8) is 0 Å². The number of ether oxygens (including phenoxy) is 2. The summed E-state index contributed by atoms with van der Waals surface area (Å²) in [6, 6.07) is 3.06. The van der Waals surface area contributed by atoms with Crippen LogP contribution in [0.5, 0.6) is 5.88 Å². The molecule has 0 radical (unpaired) electrons. The van der Waals surface area contributed by atoms with E-state index in [4.69, 9.17) is 9.47 Å². The van der Waals surface area contributed by atoms with Crippen molar-refractivity contribution in [1.29, 1.82) is 0 Å². The lowest BCUT2D eigenvalue weighted by Gasteiger charge is -2.15. The highest BCUT2D eigenvalue weighted by atomic mass is 28.3. The summed E-state index contributed by atoms with van der Waals surface area (Å²) in [4.78, 5) is 17.7. The SMILES string of the molecule is C[Si](C)(C)CCOCn1ccc2nc(-c3c(OCF)ncnc3C3CC3)ncc21. The second-order valence-corrected chi connectivity index (χ2v) is 14.2. The summed E-state index contributed by atoms with van der Waals surface area (Å²) in [5.41, 5.74) is 3.10. The zero-order valence-corrected chi connectivity index (χ0v) is 18.1. The van der Waals surface area contributed by atoms with Crippen LogP contribution >= 0.6 is 0 Å². The highest BCUT2D eigenvalue weighted by Gasteiger charge is 2.31. The van der Waals surface area contributed by atoms with Crippen LogP contribution in [0.2, 0.25) is 25.7 Å². The van der Waals surface area contributed by atoms with Crippen LogP contribution < -0.4 is 4.74 Å². The predicted molar refractivity (Wildman–Crippen MR) is 111 cm³/mol. The van der Waals surface area contributed by atoms with Gasteiger partial charge in [-0.05, 0) is 25.0 Å². The lowest BCUT2D eigenvalue weighted by molar-refractivity contribution is 0.0902. The van der Waals surface area contributed by atoms with Gasteiger partial charge in [0.15, 0.2) is 5.82 Å². The first-order valence-electron chi connectivity index (χ1n) is 9.90. The minimum Gasteiger partial charge on any atom is -0.445 e. The first-order valence-corrected chi connectivity index (χ1v) is 13.6. The zero-order chi connectivity index (χ0) is 20.4. The van der Waals surface area contributed by atoms with Crippen LogP contribution in [0.15, 0.2) is 24.8 Å². The third kappa shape index (κ3) is 4.62. The number of nitrogens with zero attached hydrogens (tertiary/aromatic N) is 5. The lowest BCUT2D eigenvalue weighted by Crippen LogP contribution is -2.21. The summed E-state index contributed by atoms with van der Waals surface area (Å²) in [5.74, 6) is 0.984. The van der Waals surface area contributed by atoms with Gasteiger partial charge in [-0.25, -0.2) is 24.3 Å². The Morgan fingerprint density at radius 1 is 1.21 bits per heavy atom. The molecule has 0 unspecified atom stereocenters. The monoisotopic (exact) mass is 415 g/mol. The van der Waals surface area contributed by atoms with Crippen LogP contribution in [0.3, 0.4) is 0 Å². The quantitative estimate of drug-likeness (QED) is 0.381. The van der Waals surface area contributed by atoms with Crippen LogP contribution in [0.25, 0.3) is 22.4 Å². The molecule has 1 fully saturated rings. The molecule has 1 saturated carbocycles. The molecule has 0 bridgehead atoms. The van der Waals surface area contributed by atoms with Crippen LogP contribution in [-0.2, 0) is 11.5 Å². The molecule has 3 aromatic rings. The molecule has 3 aromatic heterocycles. The molecule has 3 heterocycles. The Bertz CT molecular complexity index is 1000. The fourth-order valence-corrected chi connectivity index (χ4v) is 3.92. The summed E-state index contributed by atoms with van der Waals surface area (Å²) >= 11 is 0. The van der Waals surface area contributed by atoms with Crippen molar-refractivity contribution < 1.29 is 13.9 Å². The molecule has 0 aliphatic heterocycles. The average molecular weight is 416 g/mol. The van der Waals surface area contributed by atoms with Gasteiger partial charge in [-0.1, -0.05) is 19.6 Å². The van der Waals surface area contributed by atoms with Crippen LogP contribution in [0.1, 0.15) is 24.5 Å². The summed E-state index contributed by atoms with van der Waals surface area (Å²) in [7, 11) is -1.11. The van der Waals surface area contributed by atoms with Crippen LogP contribution in [0, 0.1) is 0 Å². The van der Waals surface area contributed by atoms with E-state index in [1.165, 1.54) is 6.33 Å². The maximum atomic E-state index is 12.9. The van der Waals surface area contributed by atoms with E-state index in [2.05, 4.69) is 39.6 Å². The van der Waals surface area contributed by atoms with Crippen molar-refractivity contribution in [2.45, 2.75) is 51.2 Å². The summed E-state index contributed by atoms with van der Waals surface area (Å²) in [6.45, 7) is 7.27. The summed E-state index contributed by atoms with van der Waals surface area (Å²) < 4.78 is 25.8. The molecule has 0 aromatic carbocycles. The van der Waals surface area contributed by atoms with E-state index < -0.39 is 14.9 Å². The molecule has 0 N–H and O–H groups in total. The predicted octanol–water partition coefficient (Wildman–Crippen LogP) is 4.38. The van der Waals surface area contributed by atoms with Gasteiger partial charge in [-0.2, -0.15) is 0 Å². The molecule has 9 heteroatoms. The molecular weight excluding hydrogens is 389 g/mol.